The number of nitrogens with zero attached hydrogens (tertiary/aromatic N) is 1. The number of hydrogen-bond donors (Lipinski definition) is 1. The minimum Gasteiger partial charge on any atom is -0.465 e. The van der Waals surface area contributed by atoms with Gasteiger partial charge in [0.05, 0.1) is 25.3 Å². The number of pyridine rings is 1. The summed E-state index contributed by atoms with van der Waals surface area (Å²) in [4.78, 5) is 15.4. The van der Waals surface area contributed by atoms with Gasteiger partial charge in [0, 0.05) is 6.42 Å². The number of aromatic nitrogens is 1. The molecule has 0 aliphatic rings. The van der Waals surface area contributed by atoms with Crippen molar-refractivity contribution in [1.29, 1.82) is 0 Å². The average Bonchev–Trinajstić information content (AvgIpc) is 2.41. The van der Waals surface area contributed by atoms with E-state index >= 15 is 0 Å². The van der Waals surface area contributed by atoms with Gasteiger partial charge in [0.1, 0.15) is 5.69 Å². The molecule has 0 aliphatic heterocycles. The largest absolute Gasteiger partial charge is 0.465 e. The summed E-state index contributed by atoms with van der Waals surface area (Å²) in [6.45, 7) is 4.34. The fraction of sp³-hybridized carbons (Fsp3) is 0.467. The van der Waals surface area contributed by atoms with E-state index in [-0.39, 0.29) is 12.6 Å². The van der Waals surface area contributed by atoms with Crippen LogP contribution in [-0.2, 0) is 16.1 Å². The quantitative estimate of drug-likeness (QED) is 0.649. The topological polar surface area (TPSA) is 59.4 Å². The van der Waals surface area contributed by atoms with Crippen molar-refractivity contribution in [3.8, 4) is 11.8 Å². The van der Waals surface area contributed by atoms with Crippen molar-refractivity contribution in [3.05, 3.63) is 29.6 Å². The number of esters is 1. The number of aliphatic hydroxyl groups is 1. The van der Waals surface area contributed by atoms with Crippen molar-refractivity contribution in [2.24, 2.45) is 5.92 Å². The van der Waals surface area contributed by atoms with Gasteiger partial charge in [-0.3, -0.25) is 4.79 Å². The van der Waals surface area contributed by atoms with Crippen LogP contribution in [0.15, 0.2) is 18.2 Å². The predicted molar refractivity (Wildman–Crippen MR) is 72.1 cm³/mol. The highest BCUT2D eigenvalue weighted by Gasteiger charge is 2.02. The number of carbonyl (C=O) groups excluding carboxylic acids is 1. The van der Waals surface area contributed by atoms with E-state index in [9.17, 15) is 4.79 Å². The van der Waals surface area contributed by atoms with Crippen LogP contribution in [0.3, 0.4) is 0 Å². The molecule has 0 saturated heterocycles. The lowest BCUT2D eigenvalue weighted by molar-refractivity contribution is -0.144. The molecule has 1 N–H and O–H groups in total. The summed E-state index contributed by atoms with van der Waals surface area (Å²) in [7, 11) is 0. The second kappa shape index (κ2) is 8.28. The second-order valence-corrected chi connectivity index (χ2v) is 4.55. The summed E-state index contributed by atoms with van der Waals surface area (Å²) in [5, 5.41) is 8.94. The third kappa shape index (κ3) is 6.58. The van der Waals surface area contributed by atoms with E-state index in [0.717, 1.165) is 0 Å². The Labute approximate surface area is 113 Å². The highest BCUT2D eigenvalue weighted by atomic mass is 16.5. The summed E-state index contributed by atoms with van der Waals surface area (Å²) in [5.41, 5.74) is 1.19. The lowest BCUT2D eigenvalue weighted by Crippen LogP contribution is -2.09. The predicted octanol–water partition coefficient (Wildman–Crippen LogP) is 1.90. The molecular weight excluding hydrogens is 242 g/mol. The Balaban J connectivity index is 2.36. The Morgan fingerprint density at radius 3 is 2.95 bits per heavy atom. The summed E-state index contributed by atoms with van der Waals surface area (Å²) in [6.07, 6.45) is 0.737. The molecule has 0 amide bonds. The van der Waals surface area contributed by atoms with Crippen LogP contribution in [0.5, 0.6) is 0 Å². The average molecular weight is 261 g/mol. The molecule has 0 bridgehead atoms. The molecule has 0 radical (unpaired) electrons. The number of hydrogen-bond acceptors (Lipinski definition) is 4. The van der Waals surface area contributed by atoms with Gasteiger partial charge in [-0.15, -0.1) is 0 Å². The molecule has 1 rings (SSSR count). The molecule has 4 nitrogen and oxygen atoms in total. The smallest absolute Gasteiger partial charge is 0.306 e. The minimum absolute atomic E-state index is 0.100. The Hall–Kier alpha value is -1.86. The van der Waals surface area contributed by atoms with Crippen LogP contribution in [0.1, 0.15) is 38.1 Å². The molecular formula is C15H19NO3. The van der Waals surface area contributed by atoms with Crippen LogP contribution in [-0.4, -0.2) is 22.7 Å². The van der Waals surface area contributed by atoms with Gasteiger partial charge in [-0.2, -0.15) is 0 Å². The maximum atomic E-state index is 11.3. The maximum Gasteiger partial charge on any atom is 0.306 e. The Morgan fingerprint density at radius 1 is 1.47 bits per heavy atom. The van der Waals surface area contributed by atoms with Gasteiger partial charge in [-0.25, -0.2) is 4.98 Å². The van der Waals surface area contributed by atoms with Crippen LogP contribution in [0.4, 0.5) is 0 Å². The van der Waals surface area contributed by atoms with Crippen molar-refractivity contribution in [2.75, 3.05) is 6.61 Å². The number of ether oxygens (including phenoxy) is 1. The third-order valence-electron chi connectivity index (χ3n) is 2.22. The van der Waals surface area contributed by atoms with E-state index in [1.165, 1.54) is 0 Å². The minimum atomic E-state index is -0.222. The first kappa shape index (κ1) is 15.2. The summed E-state index contributed by atoms with van der Waals surface area (Å²) < 4.78 is 5.04. The highest BCUT2D eigenvalue weighted by molar-refractivity contribution is 5.69. The van der Waals surface area contributed by atoms with E-state index < -0.39 is 0 Å². The lowest BCUT2D eigenvalue weighted by atomic mass is 10.2. The molecule has 102 valence electrons. The zero-order valence-electron chi connectivity index (χ0n) is 11.3. The van der Waals surface area contributed by atoms with Gasteiger partial charge in [-0.05, 0) is 24.0 Å². The standard InChI is InChI=1S/C15H19NO3/c1-12(2)11-19-15(18)9-4-3-6-13-7-5-8-14(10-17)16-13/h5,7-8,12,17H,4,9-11H2,1-2H3. The molecule has 0 aromatic carbocycles. The van der Waals surface area contributed by atoms with Crippen LogP contribution < -0.4 is 0 Å². The zero-order chi connectivity index (χ0) is 14.1. The molecule has 0 aliphatic carbocycles. The summed E-state index contributed by atoms with van der Waals surface area (Å²) in [5.74, 6) is 5.86. The Morgan fingerprint density at radius 2 is 2.26 bits per heavy atom. The van der Waals surface area contributed by atoms with E-state index in [1.807, 2.05) is 13.8 Å². The normalized spacial score (nSPS) is 9.89. The number of carbonyl (C=O) groups is 1. The summed E-state index contributed by atoms with van der Waals surface area (Å²) in [6, 6.07) is 5.29. The molecule has 0 atom stereocenters. The van der Waals surface area contributed by atoms with Gasteiger partial charge in [0.25, 0.3) is 0 Å². The first-order chi connectivity index (χ1) is 9.11. The van der Waals surface area contributed by atoms with Crippen molar-refractivity contribution < 1.29 is 14.6 Å². The first-order valence-corrected chi connectivity index (χ1v) is 6.33. The molecule has 0 fully saturated rings. The van der Waals surface area contributed by atoms with Crippen molar-refractivity contribution in [1.82, 2.24) is 4.98 Å². The molecule has 0 unspecified atom stereocenters. The molecule has 1 aromatic heterocycles. The SMILES string of the molecule is CC(C)COC(=O)CCC#Cc1cccc(CO)n1. The van der Waals surface area contributed by atoms with Gasteiger partial charge in [0.2, 0.25) is 0 Å². The van der Waals surface area contributed by atoms with Crippen LogP contribution in [0.2, 0.25) is 0 Å². The lowest BCUT2D eigenvalue weighted by Gasteiger charge is -2.05. The first-order valence-electron chi connectivity index (χ1n) is 6.33. The van der Waals surface area contributed by atoms with Crippen molar-refractivity contribution in [3.63, 3.8) is 0 Å². The van der Waals surface area contributed by atoms with E-state index in [4.69, 9.17) is 9.84 Å². The van der Waals surface area contributed by atoms with E-state index in [1.54, 1.807) is 18.2 Å². The van der Waals surface area contributed by atoms with Gasteiger partial charge < -0.3 is 9.84 Å². The fourth-order valence-corrected chi connectivity index (χ4v) is 1.29. The van der Waals surface area contributed by atoms with Gasteiger partial charge in [0.15, 0.2) is 0 Å². The second-order valence-electron chi connectivity index (χ2n) is 4.55. The van der Waals surface area contributed by atoms with Gasteiger partial charge in [-0.1, -0.05) is 25.8 Å². The molecule has 1 heterocycles. The monoisotopic (exact) mass is 261 g/mol. The number of rotatable bonds is 5. The molecule has 1 aromatic rings. The third-order valence-corrected chi connectivity index (χ3v) is 2.22. The Kier molecular flexibility index (Phi) is 6.62. The van der Waals surface area contributed by atoms with Crippen molar-refractivity contribution in [2.45, 2.75) is 33.3 Å². The summed E-state index contributed by atoms with van der Waals surface area (Å²) >= 11 is 0. The van der Waals surface area contributed by atoms with Crippen LogP contribution in [0.25, 0.3) is 0 Å². The highest BCUT2D eigenvalue weighted by Crippen LogP contribution is 1.99. The molecule has 0 spiro atoms. The van der Waals surface area contributed by atoms with Crippen LogP contribution >= 0.6 is 0 Å². The number of aliphatic hydroxyl groups excluding tert-OH is 1. The molecule has 19 heavy (non-hydrogen) atoms. The van der Waals surface area contributed by atoms with E-state index in [0.29, 0.717) is 36.8 Å². The van der Waals surface area contributed by atoms with Crippen LogP contribution in [0, 0.1) is 17.8 Å². The molecule has 0 saturated carbocycles. The maximum absolute atomic E-state index is 11.3. The van der Waals surface area contributed by atoms with E-state index in [2.05, 4.69) is 16.8 Å². The Bertz CT molecular complexity index is 472. The van der Waals surface area contributed by atoms with Crippen molar-refractivity contribution >= 4 is 5.97 Å². The molecule has 4 heteroatoms. The zero-order valence-corrected chi connectivity index (χ0v) is 11.3. The van der Waals surface area contributed by atoms with Gasteiger partial charge >= 0.3 is 5.97 Å². The fourth-order valence-electron chi connectivity index (χ4n) is 1.29.